The Kier molecular flexibility index (Phi) is 3.19. The molecule has 0 spiro atoms. The van der Waals surface area contributed by atoms with Crippen LogP contribution in [-0.4, -0.2) is 4.98 Å². The first-order valence-electron chi connectivity index (χ1n) is 4.79. The monoisotopic (exact) mass is 280 g/mol. The van der Waals surface area contributed by atoms with Crippen LogP contribution in [0.5, 0.6) is 0 Å². The van der Waals surface area contributed by atoms with Crippen LogP contribution in [0.1, 0.15) is 11.1 Å². The van der Waals surface area contributed by atoms with E-state index in [4.69, 9.17) is 5.73 Å². The Morgan fingerprint density at radius 2 is 2.06 bits per heavy atom. The van der Waals surface area contributed by atoms with Crippen molar-refractivity contribution in [1.82, 2.24) is 4.98 Å². The molecule has 0 saturated carbocycles. The van der Waals surface area contributed by atoms with E-state index in [2.05, 4.69) is 20.9 Å². The Labute approximate surface area is 101 Å². The third-order valence-corrected chi connectivity index (χ3v) is 2.97. The summed E-state index contributed by atoms with van der Waals surface area (Å²) in [7, 11) is 0. The van der Waals surface area contributed by atoms with E-state index in [1.807, 2.05) is 0 Å². The number of nitrogens with zero attached hydrogens (tertiary/aromatic N) is 1. The molecule has 0 aliphatic carbocycles. The van der Waals surface area contributed by atoms with E-state index in [-0.39, 0.29) is 5.82 Å². The first-order valence-corrected chi connectivity index (χ1v) is 5.59. The topological polar surface area (TPSA) is 38.9 Å². The number of nitrogens with two attached hydrogens (primary N) is 1. The fraction of sp³-hybridized carbons (Fsp3) is 0.0833. The largest absolute Gasteiger partial charge is 0.398 e. The van der Waals surface area contributed by atoms with E-state index in [9.17, 15) is 4.39 Å². The Hall–Kier alpha value is -1.42. The van der Waals surface area contributed by atoms with Gasteiger partial charge in [-0.25, -0.2) is 4.39 Å². The number of hydrogen-bond donors (Lipinski definition) is 1. The minimum Gasteiger partial charge on any atom is -0.398 e. The van der Waals surface area contributed by atoms with Crippen molar-refractivity contribution in [3.63, 3.8) is 0 Å². The molecule has 0 unspecified atom stereocenters. The van der Waals surface area contributed by atoms with Crippen molar-refractivity contribution in [2.45, 2.75) is 6.42 Å². The van der Waals surface area contributed by atoms with Crippen LogP contribution in [0.3, 0.4) is 0 Å². The molecule has 2 aromatic rings. The second kappa shape index (κ2) is 4.61. The summed E-state index contributed by atoms with van der Waals surface area (Å²) < 4.78 is 14.2. The van der Waals surface area contributed by atoms with Crippen LogP contribution in [0, 0.1) is 5.82 Å². The lowest BCUT2D eigenvalue weighted by Crippen LogP contribution is -1.98. The molecule has 2 N–H and O–H groups in total. The van der Waals surface area contributed by atoms with Crippen molar-refractivity contribution < 1.29 is 4.39 Å². The van der Waals surface area contributed by atoms with Crippen molar-refractivity contribution in [2.75, 3.05) is 5.73 Å². The van der Waals surface area contributed by atoms with E-state index in [1.165, 1.54) is 0 Å². The Morgan fingerprint density at radius 3 is 2.81 bits per heavy atom. The number of aromatic nitrogens is 1. The lowest BCUT2D eigenvalue weighted by Gasteiger charge is -2.06. The van der Waals surface area contributed by atoms with Gasteiger partial charge < -0.3 is 5.73 Å². The summed E-state index contributed by atoms with van der Waals surface area (Å²) in [5.41, 5.74) is 7.85. The molecule has 0 saturated heterocycles. The number of halogens is 2. The van der Waals surface area contributed by atoms with Crippen LogP contribution in [0.25, 0.3) is 0 Å². The van der Waals surface area contributed by atoms with E-state index < -0.39 is 0 Å². The van der Waals surface area contributed by atoms with Gasteiger partial charge in [0.1, 0.15) is 5.82 Å². The molecule has 0 aliphatic rings. The molecule has 0 bridgehead atoms. The summed E-state index contributed by atoms with van der Waals surface area (Å²) in [4.78, 5) is 3.98. The molecular weight excluding hydrogens is 271 g/mol. The summed E-state index contributed by atoms with van der Waals surface area (Å²) in [5, 5.41) is 0. The van der Waals surface area contributed by atoms with Crippen LogP contribution < -0.4 is 5.73 Å². The van der Waals surface area contributed by atoms with Gasteiger partial charge >= 0.3 is 0 Å². The smallest absolute Gasteiger partial charge is 0.140 e. The maximum atomic E-state index is 13.7. The predicted octanol–water partition coefficient (Wildman–Crippen LogP) is 3.16. The maximum absolute atomic E-state index is 13.7. The van der Waals surface area contributed by atoms with Crippen LogP contribution in [0.4, 0.5) is 10.1 Å². The predicted molar refractivity (Wildman–Crippen MR) is 65.6 cm³/mol. The summed E-state index contributed by atoms with van der Waals surface area (Å²) >= 11 is 3.16. The number of nitrogen functional groups attached to an aromatic ring is 1. The van der Waals surface area contributed by atoms with E-state index >= 15 is 0 Å². The maximum Gasteiger partial charge on any atom is 0.140 e. The van der Waals surface area contributed by atoms with Crippen molar-refractivity contribution in [3.8, 4) is 0 Å². The lowest BCUT2D eigenvalue weighted by atomic mass is 10.1. The Morgan fingerprint density at radius 1 is 1.25 bits per heavy atom. The minimum absolute atomic E-state index is 0.245. The molecule has 2 rings (SSSR count). The summed E-state index contributed by atoms with van der Waals surface area (Å²) in [5.74, 6) is -0.245. The van der Waals surface area contributed by atoms with Gasteiger partial charge in [-0.05, 0) is 39.2 Å². The van der Waals surface area contributed by atoms with Gasteiger partial charge in [-0.3, -0.25) is 4.98 Å². The number of hydrogen-bond acceptors (Lipinski definition) is 2. The Balaban J connectivity index is 2.35. The highest BCUT2D eigenvalue weighted by Crippen LogP contribution is 2.22. The molecular formula is C12H10BrFN2. The van der Waals surface area contributed by atoms with E-state index in [0.29, 0.717) is 22.1 Å². The van der Waals surface area contributed by atoms with Gasteiger partial charge in [0.25, 0.3) is 0 Å². The molecule has 16 heavy (non-hydrogen) atoms. The van der Waals surface area contributed by atoms with Crippen molar-refractivity contribution in [1.29, 1.82) is 0 Å². The molecule has 0 radical (unpaired) electrons. The standard InChI is InChI=1S/C12H10BrFN2/c13-10-3-1-2-8(12(10)14)6-9-7-16-5-4-11(9)15/h1-5,7H,6H2,(H2,15,16). The molecule has 0 amide bonds. The van der Waals surface area contributed by atoms with Crippen LogP contribution in [0.15, 0.2) is 41.1 Å². The SMILES string of the molecule is Nc1ccncc1Cc1cccc(Br)c1F. The average molecular weight is 281 g/mol. The Bertz CT molecular complexity index is 514. The van der Waals surface area contributed by atoms with Gasteiger partial charge in [0, 0.05) is 24.5 Å². The quantitative estimate of drug-likeness (QED) is 0.918. The first kappa shape index (κ1) is 11.1. The van der Waals surface area contributed by atoms with E-state index in [0.717, 1.165) is 5.56 Å². The second-order valence-electron chi connectivity index (χ2n) is 3.46. The molecule has 1 heterocycles. The van der Waals surface area contributed by atoms with E-state index in [1.54, 1.807) is 36.7 Å². The number of rotatable bonds is 2. The summed E-state index contributed by atoms with van der Waals surface area (Å²) in [6.07, 6.45) is 3.73. The van der Waals surface area contributed by atoms with Gasteiger partial charge in [-0.15, -0.1) is 0 Å². The van der Waals surface area contributed by atoms with Crippen LogP contribution in [0.2, 0.25) is 0 Å². The van der Waals surface area contributed by atoms with Gasteiger partial charge in [-0.2, -0.15) is 0 Å². The highest BCUT2D eigenvalue weighted by molar-refractivity contribution is 9.10. The van der Waals surface area contributed by atoms with Crippen molar-refractivity contribution >= 4 is 21.6 Å². The zero-order valence-electron chi connectivity index (χ0n) is 8.45. The normalized spacial score (nSPS) is 10.4. The van der Waals surface area contributed by atoms with Gasteiger partial charge in [0.15, 0.2) is 0 Å². The fourth-order valence-electron chi connectivity index (χ4n) is 1.48. The molecule has 4 heteroatoms. The van der Waals surface area contributed by atoms with Crippen molar-refractivity contribution in [2.24, 2.45) is 0 Å². The molecule has 1 aromatic heterocycles. The zero-order valence-corrected chi connectivity index (χ0v) is 10.0. The minimum atomic E-state index is -0.245. The van der Waals surface area contributed by atoms with Crippen LogP contribution >= 0.6 is 15.9 Å². The van der Waals surface area contributed by atoms with Gasteiger partial charge in [0.2, 0.25) is 0 Å². The zero-order chi connectivity index (χ0) is 11.5. The highest BCUT2D eigenvalue weighted by atomic mass is 79.9. The highest BCUT2D eigenvalue weighted by Gasteiger charge is 2.08. The third kappa shape index (κ3) is 2.22. The lowest BCUT2D eigenvalue weighted by molar-refractivity contribution is 0.607. The molecule has 0 aliphatic heterocycles. The van der Waals surface area contributed by atoms with Gasteiger partial charge in [0.05, 0.1) is 4.47 Å². The first-order chi connectivity index (χ1) is 7.68. The third-order valence-electron chi connectivity index (χ3n) is 2.35. The van der Waals surface area contributed by atoms with Crippen molar-refractivity contribution in [3.05, 3.63) is 58.1 Å². The molecule has 0 atom stereocenters. The number of anilines is 1. The van der Waals surface area contributed by atoms with Gasteiger partial charge in [-0.1, -0.05) is 12.1 Å². The second-order valence-corrected chi connectivity index (χ2v) is 4.32. The summed E-state index contributed by atoms with van der Waals surface area (Å²) in [6.45, 7) is 0. The average Bonchev–Trinajstić information content (AvgIpc) is 2.28. The molecule has 1 aromatic carbocycles. The molecule has 2 nitrogen and oxygen atoms in total. The number of benzene rings is 1. The van der Waals surface area contributed by atoms with Crippen LogP contribution in [-0.2, 0) is 6.42 Å². The summed E-state index contributed by atoms with van der Waals surface area (Å²) in [6, 6.07) is 6.93. The molecule has 0 fully saturated rings. The number of pyridine rings is 1. The molecule has 82 valence electrons. The fourth-order valence-corrected chi connectivity index (χ4v) is 1.88.